The number of hydrogen-bond donors (Lipinski definition) is 0. The minimum absolute atomic E-state index is 0.245. The van der Waals surface area contributed by atoms with Gasteiger partial charge in [0.2, 0.25) is 0 Å². The van der Waals surface area contributed by atoms with Gasteiger partial charge in [0.1, 0.15) is 0 Å². The normalized spacial score (nSPS) is 40.6. The van der Waals surface area contributed by atoms with Crippen LogP contribution in [0.25, 0.3) is 0 Å². The van der Waals surface area contributed by atoms with Crippen molar-refractivity contribution in [1.82, 2.24) is 0 Å². The lowest BCUT2D eigenvalue weighted by Gasteiger charge is -2.32. The number of fused-ring (bicyclic) bond motifs is 2. The molecule has 0 aliphatic heterocycles. The highest BCUT2D eigenvalue weighted by Crippen LogP contribution is 2.60. The van der Waals surface area contributed by atoms with Crippen LogP contribution < -0.4 is 0 Å². The number of alkyl halides is 3. The topological polar surface area (TPSA) is 17.1 Å². The summed E-state index contributed by atoms with van der Waals surface area (Å²) in [6.07, 6.45) is -2.00. The zero-order valence-electron chi connectivity index (χ0n) is 7.14. The Balaban J connectivity index is 2.44. The summed E-state index contributed by atoms with van der Waals surface area (Å²) < 4.78 is 50.5. The lowest BCUT2D eigenvalue weighted by atomic mass is 9.75. The van der Waals surface area contributed by atoms with Crippen molar-refractivity contribution < 1.29 is 22.4 Å². The molecule has 2 rings (SSSR count). The number of allylic oxidation sites excluding steroid dienone is 2. The third-order valence-corrected chi connectivity index (χ3v) is 3.25. The zero-order chi connectivity index (χ0) is 10.6. The molecule has 2 aliphatic rings. The van der Waals surface area contributed by atoms with Crippen molar-refractivity contribution in [3.8, 4) is 0 Å². The van der Waals surface area contributed by atoms with Crippen LogP contribution in [0.2, 0.25) is 0 Å². The van der Waals surface area contributed by atoms with E-state index in [4.69, 9.17) is 0 Å². The molecular weight excluding hydrogens is 200 g/mol. The summed E-state index contributed by atoms with van der Waals surface area (Å²) in [5.74, 6) is -1.29. The van der Waals surface area contributed by atoms with Crippen molar-refractivity contribution in [2.24, 2.45) is 17.3 Å². The Labute approximate surface area is 77.8 Å². The highest BCUT2D eigenvalue weighted by Gasteiger charge is 2.68. The second kappa shape index (κ2) is 2.58. The molecule has 1 saturated carbocycles. The molecule has 0 aromatic rings. The maximum Gasteiger partial charge on any atom is 0.404 e. The molecule has 2 bridgehead atoms. The third kappa shape index (κ3) is 0.980. The molecule has 0 radical (unpaired) electrons. The molecule has 0 saturated heterocycles. The van der Waals surface area contributed by atoms with Crippen LogP contribution in [0.4, 0.5) is 17.6 Å². The standard InChI is InChI=1S/C9H8F4O/c10-7(14)8(9(11,12)13)4-5-1-2-6(8)3-5/h1-2,5-6H,3-4H2. The summed E-state index contributed by atoms with van der Waals surface area (Å²) in [6, 6.07) is -2.23. The van der Waals surface area contributed by atoms with Gasteiger partial charge in [-0.25, -0.2) is 0 Å². The first kappa shape index (κ1) is 9.68. The van der Waals surface area contributed by atoms with Crippen molar-refractivity contribution in [2.45, 2.75) is 19.0 Å². The lowest BCUT2D eigenvalue weighted by Crippen LogP contribution is -2.46. The lowest BCUT2D eigenvalue weighted by molar-refractivity contribution is -0.234. The van der Waals surface area contributed by atoms with Gasteiger partial charge in [-0.3, -0.25) is 4.79 Å². The highest BCUT2D eigenvalue weighted by atomic mass is 19.4. The Morgan fingerprint density at radius 3 is 2.21 bits per heavy atom. The molecule has 0 heterocycles. The first-order chi connectivity index (χ1) is 6.38. The van der Waals surface area contributed by atoms with Crippen LogP contribution in [-0.4, -0.2) is 12.2 Å². The average Bonchev–Trinajstić information content (AvgIpc) is 2.59. The summed E-state index contributed by atoms with van der Waals surface area (Å²) in [6.45, 7) is 0. The first-order valence-electron chi connectivity index (χ1n) is 4.33. The Kier molecular flexibility index (Phi) is 1.78. The van der Waals surface area contributed by atoms with Gasteiger partial charge in [-0.2, -0.15) is 17.6 Å². The molecule has 0 N–H and O–H groups in total. The van der Waals surface area contributed by atoms with E-state index in [9.17, 15) is 22.4 Å². The first-order valence-corrected chi connectivity index (χ1v) is 4.33. The van der Waals surface area contributed by atoms with Gasteiger partial charge in [-0.05, 0) is 18.8 Å². The number of hydrogen-bond acceptors (Lipinski definition) is 1. The van der Waals surface area contributed by atoms with Crippen molar-refractivity contribution in [1.29, 1.82) is 0 Å². The van der Waals surface area contributed by atoms with E-state index < -0.39 is 30.0 Å². The third-order valence-electron chi connectivity index (χ3n) is 3.25. The fraction of sp³-hybridized carbons (Fsp3) is 0.667. The highest BCUT2D eigenvalue weighted by molar-refractivity contribution is 5.78. The fourth-order valence-corrected chi connectivity index (χ4v) is 2.52. The van der Waals surface area contributed by atoms with E-state index in [1.807, 2.05) is 0 Å². The van der Waals surface area contributed by atoms with E-state index in [0.29, 0.717) is 0 Å². The monoisotopic (exact) mass is 208 g/mol. The van der Waals surface area contributed by atoms with Gasteiger partial charge >= 0.3 is 12.2 Å². The largest absolute Gasteiger partial charge is 0.404 e. The molecule has 0 amide bonds. The molecule has 0 spiro atoms. The van der Waals surface area contributed by atoms with Crippen LogP contribution in [0.15, 0.2) is 12.2 Å². The molecule has 14 heavy (non-hydrogen) atoms. The molecule has 0 aromatic heterocycles. The van der Waals surface area contributed by atoms with E-state index in [1.54, 1.807) is 6.08 Å². The number of halogens is 4. The molecular formula is C9H8F4O. The minimum atomic E-state index is -4.77. The molecule has 3 atom stereocenters. The summed E-state index contributed by atoms with van der Waals surface area (Å²) in [4.78, 5) is 10.6. The van der Waals surface area contributed by atoms with Crippen molar-refractivity contribution in [2.75, 3.05) is 0 Å². The second-order valence-corrected chi connectivity index (χ2v) is 3.93. The molecule has 2 aliphatic carbocycles. The number of carbonyl (C=O) groups excluding carboxylic acids is 1. The molecule has 1 nitrogen and oxygen atoms in total. The second-order valence-electron chi connectivity index (χ2n) is 3.93. The van der Waals surface area contributed by atoms with Crippen LogP contribution in [0.3, 0.4) is 0 Å². The SMILES string of the molecule is O=C(F)C1(C(F)(F)F)CC2C=CC1C2. The molecule has 5 heteroatoms. The van der Waals surface area contributed by atoms with Crippen molar-refractivity contribution >= 4 is 6.04 Å². The summed E-state index contributed by atoms with van der Waals surface area (Å²) >= 11 is 0. The van der Waals surface area contributed by atoms with Crippen LogP contribution in [-0.2, 0) is 4.79 Å². The number of carbonyl (C=O) groups is 1. The quantitative estimate of drug-likeness (QED) is 0.368. The van der Waals surface area contributed by atoms with Gasteiger partial charge in [0.15, 0.2) is 5.41 Å². The van der Waals surface area contributed by atoms with E-state index in [0.717, 1.165) is 0 Å². The van der Waals surface area contributed by atoms with Gasteiger partial charge in [-0.1, -0.05) is 12.2 Å². The smallest absolute Gasteiger partial charge is 0.260 e. The van der Waals surface area contributed by atoms with Gasteiger partial charge in [0, 0.05) is 5.92 Å². The van der Waals surface area contributed by atoms with E-state index >= 15 is 0 Å². The van der Waals surface area contributed by atoms with E-state index in [2.05, 4.69) is 0 Å². The summed E-state index contributed by atoms with van der Waals surface area (Å²) in [5, 5.41) is 0. The van der Waals surface area contributed by atoms with Gasteiger partial charge < -0.3 is 0 Å². The minimum Gasteiger partial charge on any atom is -0.260 e. The number of rotatable bonds is 1. The van der Waals surface area contributed by atoms with Gasteiger partial charge in [-0.15, -0.1) is 0 Å². The molecule has 0 aromatic carbocycles. The molecule has 3 unspecified atom stereocenters. The Hall–Kier alpha value is -0.870. The van der Waals surface area contributed by atoms with Crippen LogP contribution >= 0.6 is 0 Å². The van der Waals surface area contributed by atoms with Crippen LogP contribution in [0.5, 0.6) is 0 Å². The van der Waals surface area contributed by atoms with Crippen molar-refractivity contribution in [3.05, 3.63) is 12.2 Å². The summed E-state index contributed by atoms with van der Waals surface area (Å²) in [7, 11) is 0. The predicted octanol–water partition coefficient (Wildman–Crippen LogP) is 2.63. The van der Waals surface area contributed by atoms with E-state index in [-0.39, 0.29) is 12.3 Å². The Bertz CT molecular complexity index is 306. The molecule has 1 fully saturated rings. The molecule has 78 valence electrons. The Morgan fingerprint density at radius 2 is 2.00 bits per heavy atom. The average molecular weight is 208 g/mol. The van der Waals surface area contributed by atoms with Crippen LogP contribution in [0.1, 0.15) is 12.8 Å². The fourth-order valence-electron chi connectivity index (χ4n) is 2.52. The van der Waals surface area contributed by atoms with E-state index in [1.165, 1.54) is 6.08 Å². The zero-order valence-corrected chi connectivity index (χ0v) is 7.14. The maximum atomic E-state index is 12.6. The van der Waals surface area contributed by atoms with Gasteiger partial charge in [0.05, 0.1) is 0 Å². The summed E-state index contributed by atoms with van der Waals surface area (Å²) in [5.41, 5.74) is -2.74. The maximum absolute atomic E-state index is 12.6. The van der Waals surface area contributed by atoms with Gasteiger partial charge in [0.25, 0.3) is 0 Å². The van der Waals surface area contributed by atoms with Crippen LogP contribution in [0, 0.1) is 17.3 Å². The van der Waals surface area contributed by atoms with Crippen molar-refractivity contribution in [3.63, 3.8) is 0 Å². The predicted molar refractivity (Wildman–Crippen MR) is 40.0 cm³/mol. The Morgan fingerprint density at radius 1 is 1.36 bits per heavy atom.